The summed E-state index contributed by atoms with van der Waals surface area (Å²) in [5, 5.41) is 3.16. The first-order valence-corrected chi connectivity index (χ1v) is 3.73. The van der Waals surface area contributed by atoms with Crippen LogP contribution in [0.4, 0.5) is 13.2 Å². The number of ether oxygens (including phenoxy) is 1. The van der Waals surface area contributed by atoms with Gasteiger partial charge in [0.05, 0.1) is 25.2 Å². The molecule has 13 heavy (non-hydrogen) atoms. The van der Waals surface area contributed by atoms with Crippen molar-refractivity contribution in [3.8, 4) is 0 Å². The summed E-state index contributed by atoms with van der Waals surface area (Å²) in [7, 11) is 0. The number of rotatable bonds is 2. The Morgan fingerprint density at radius 1 is 1.54 bits per heavy atom. The highest BCUT2D eigenvalue weighted by Gasteiger charge is 2.44. The molecule has 0 aromatic heterocycles. The molecule has 1 aliphatic heterocycles. The van der Waals surface area contributed by atoms with Gasteiger partial charge in [0.15, 0.2) is 0 Å². The Bertz CT molecular complexity index is 224. The summed E-state index contributed by atoms with van der Waals surface area (Å²) < 4.78 is 41.0. The van der Waals surface area contributed by atoms with Crippen LogP contribution in [0.5, 0.6) is 0 Å². The fraction of sp³-hybridized carbons (Fsp3) is 1.00. The molecule has 0 amide bonds. The third kappa shape index (κ3) is 2.78. The second-order valence-corrected chi connectivity index (χ2v) is 2.84. The topological polar surface area (TPSA) is 58.0 Å². The molecule has 1 aliphatic rings. The molecule has 0 saturated carbocycles. The second kappa shape index (κ2) is 3.85. The molecule has 1 saturated heterocycles. The van der Waals surface area contributed by atoms with Crippen LogP contribution in [0.2, 0.25) is 0 Å². The number of azide groups is 1. The molecule has 0 unspecified atom stereocenters. The Balaban J connectivity index is 2.40. The van der Waals surface area contributed by atoms with E-state index in [1.165, 1.54) is 0 Å². The highest BCUT2D eigenvalue weighted by Crippen LogP contribution is 2.34. The maximum atomic E-state index is 12.1. The van der Waals surface area contributed by atoms with Gasteiger partial charge in [0.2, 0.25) is 0 Å². The largest absolute Gasteiger partial charge is 0.394 e. The van der Waals surface area contributed by atoms with E-state index in [4.69, 9.17) is 10.3 Å². The van der Waals surface area contributed by atoms with Crippen LogP contribution in [0.25, 0.3) is 10.4 Å². The van der Waals surface area contributed by atoms with Crippen LogP contribution in [0.3, 0.4) is 0 Å². The van der Waals surface area contributed by atoms with Gasteiger partial charge in [-0.05, 0) is 12.0 Å². The molecule has 4 nitrogen and oxygen atoms in total. The summed E-state index contributed by atoms with van der Waals surface area (Å²) in [5.74, 6) is -1.41. The van der Waals surface area contributed by atoms with Gasteiger partial charge < -0.3 is 4.74 Å². The normalized spacial score (nSPS) is 28.5. The highest BCUT2D eigenvalue weighted by atomic mass is 19.4. The molecule has 0 bridgehead atoms. The van der Waals surface area contributed by atoms with E-state index in [2.05, 4.69) is 10.0 Å². The summed E-state index contributed by atoms with van der Waals surface area (Å²) in [6.07, 6.45) is -4.89. The lowest BCUT2D eigenvalue weighted by atomic mass is 10.1. The summed E-state index contributed by atoms with van der Waals surface area (Å²) in [5.41, 5.74) is 7.93. The first-order chi connectivity index (χ1) is 6.04. The summed E-state index contributed by atoms with van der Waals surface area (Å²) in [4.78, 5) is 2.45. The van der Waals surface area contributed by atoms with Crippen LogP contribution in [0, 0.1) is 5.92 Å². The van der Waals surface area contributed by atoms with Crippen molar-refractivity contribution >= 4 is 0 Å². The molecule has 7 heteroatoms. The van der Waals surface area contributed by atoms with Crippen LogP contribution in [-0.2, 0) is 4.74 Å². The van der Waals surface area contributed by atoms with E-state index in [1.807, 2.05) is 0 Å². The second-order valence-electron chi connectivity index (χ2n) is 2.84. The molecule has 0 spiro atoms. The van der Waals surface area contributed by atoms with Gasteiger partial charge in [-0.15, -0.1) is 0 Å². The zero-order valence-electron chi connectivity index (χ0n) is 6.66. The van der Waals surface area contributed by atoms with Crippen LogP contribution in [-0.4, -0.2) is 25.4 Å². The van der Waals surface area contributed by atoms with Gasteiger partial charge in [-0.3, -0.25) is 0 Å². The summed E-state index contributed by atoms with van der Waals surface area (Å²) in [6, 6.07) is 0. The van der Waals surface area contributed by atoms with Gasteiger partial charge in [-0.2, -0.15) is 13.2 Å². The van der Waals surface area contributed by atoms with Crippen molar-refractivity contribution in [3.63, 3.8) is 0 Å². The smallest absolute Gasteiger partial charge is 0.377 e. The maximum absolute atomic E-state index is 12.1. The number of hydrogen-bond acceptors (Lipinski definition) is 2. The fourth-order valence-electron chi connectivity index (χ4n) is 1.19. The van der Waals surface area contributed by atoms with Gasteiger partial charge in [0, 0.05) is 4.91 Å². The molecule has 1 fully saturated rings. The molecule has 74 valence electrons. The molecule has 0 aliphatic carbocycles. The lowest BCUT2D eigenvalue weighted by Crippen LogP contribution is -2.23. The zero-order chi connectivity index (χ0) is 9.90. The predicted octanol–water partition coefficient (Wildman–Crippen LogP) is 2.26. The third-order valence-electron chi connectivity index (χ3n) is 1.89. The monoisotopic (exact) mass is 195 g/mol. The van der Waals surface area contributed by atoms with Crippen LogP contribution >= 0.6 is 0 Å². The van der Waals surface area contributed by atoms with E-state index in [-0.39, 0.29) is 19.6 Å². The number of alkyl halides is 3. The van der Waals surface area contributed by atoms with Crippen LogP contribution in [0.1, 0.15) is 6.42 Å². The average molecular weight is 195 g/mol. The Hall–Kier alpha value is -0.940. The van der Waals surface area contributed by atoms with E-state index in [0.29, 0.717) is 0 Å². The molecule has 0 aromatic carbocycles. The fourth-order valence-corrected chi connectivity index (χ4v) is 1.19. The van der Waals surface area contributed by atoms with Crippen molar-refractivity contribution in [3.05, 3.63) is 10.4 Å². The Morgan fingerprint density at radius 3 is 2.69 bits per heavy atom. The molecule has 1 heterocycles. The standard InChI is InChI=1S/C6H8F3N3O/c7-6(8,9)4-1-5(13-3-4)2-11-12-10/h4-5H,1-3H2/t4-,5-/m1/s1. The SMILES string of the molecule is [N-]=[N+]=NC[C@H]1C[C@@H](C(F)(F)F)CO1. The Kier molecular flexibility index (Phi) is 3.00. The van der Waals surface area contributed by atoms with Gasteiger partial charge in [-0.1, -0.05) is 5.11 Å². The lowest BCUT2D eigenvalue weighted by molar-refractivity contribution is -0.173. The van der Waals surface area contributed by atoms with Crippen molar-refractivity contribution in [1.29, 1.82) is 0 Å². The lowest BCUT2D eigenvalue weighted by Gasteiger charge is -2.11. The summed E-state index contributed by atoms with van der Waals surface area (Å²) in [6.45, 7) is -0.349. The maximum Gasteiger partial charge on any atom is 0.394 e. The number of nitrogens with zero attached hydrogens (tertiary/aromatic N) is 3. The van der Waals surface area contributed by atoms with Gasteiger partial charge in [0.25, 0.3) is 0 Å². The van der Waals surface area contributed by atoms with E-state index < -0.39 is 18.2 Å². The van der Waals surface area contributed by atoms with E-state index >= 15 is 0 Å². The van der Waals surface area contributed by atoms with Crippen LogP contribution in [0.15, 0.2) is 5.11 Å². The van der Waals surface area contributed by atoms with Crippen molar-refractivity contribution in [2.24, 2.45) is 11.0 Å². The van der Waals surface area contributed by atoms with E-state index in [1.54, 1.807) is 0 Å². The first-order valence-electron chi connectivity index (χ1n) is 3.73. The van der Waals surface area contributed by atoms with Gasteiger partial charge in [-0.25, -0.2) is 0 Å². The average Bonchev–Trinajstić information content (AvgIpc) is 2.47. The van der Waals surface area contributed by atoms with Gasteiger partial charge in [0.1, 0.15) is 0 Å². The molecule has 0 aromatic rings. The predicted molar refractivity (Wildman–Crippen MR) is 37.9 cm³/mol. The number of halogens is 3. The van der Waals surface area contributed by atoms with E-state index in [0.717, 1.165) is 0 Å². The molecule has 0 N–H and O–H groups in total. The van der Waals surface area contributed by atoms with Crippen molar-refractivity contribution in [1.82, 2.24) is 0 Å². The Labute approximate surface area is 72.3 Å². The quantitative estimate of drug-likeness (QED) is 0.378. The third-order valence-corrected chi connectivity index (χ3v) is 1.89. The van der Waals surface area contributed by atoms with Crippen molar-refractivity contribution in [2.45, 2.75) is 18.7 Å². The minimum Gasteiger partial charge on any atom is -0.377 e. The first kappa shape index (κ1) is 10.1. The minimum atomic E-state index is -4.20. The zero-order valence-corrected chi connectivity index (χ0v) is 6.66. The molecule has 0 radical (unpaired) electrons. The molecule has 2 atom stereocenters. The summed E-state index contributed by atoms with van der Waals surface area (Å²) >= 11 is 0. The minimum absolute atomic E-state index is 0.0247. The van der Waals surface area contributed by atoms with Crippen molar-refractivity contribution in [2.75, 3.05) is 13.2 Å². The van der Waals surface area contributed by atoms with E-state index in [9.17, 15) is 13.2 Å². The van der Waals surface area contributed by atoms with Crippen LogP contribution < -0.4 is 0 Å². The Morgan fingerprint density at radius 2 is 2.23 bits per heavy atom. The highest BCUT2D eigenvalue weighted by molar-refractivity contribution is 4.79. The van der Waals surface area contributed by atoms with Gasteiger partial charge >= 0.3 is 6.18 Å². The van der Waals surface area contributed by atoms with Crippen molar-refractivity contribution < 1.29 is 17.9 Å². The molecular weight excluding hydrogens is 187 g/mol. The molecular formula is C6H8F3N3O. The molecule has 1 rings (SSSR count). The number of hydrogen-bond donors (Lipinski definition) is 0.